The maximum Gasteiger partial charge on any atom is 0.236 e. The van der Waals surface area contributed by atoms with Crippen LogP contribution in [-0.4, -0.2) is 39.8 Å². The average molecular weight is 405 g/mol. The van der Waals surface area contributed by atoms with Crippen molar-refractivity contribution < 1.29 is 9.59 Å². The number of amides is 2. The minimum absolute atomic E-state index is 0.139. The van der Waals surface area contributed by atoms with Crippen LogP contribution in [-0.2, 0) is 9.59 Å². The van der Waals surface area contributed by atoms with Crippen LogP contribution in [0.25, 0.3) is 10.8 Å². The number of nitrogens with zero attached hydrogens (tertiary/aromatic N) is 2. The van der Waals surface area contributed by atoms with Gasteiger partial charge in [-0.3, -0.25) is 14.9 Å². The van der Waals surface area contributed by atoms with E-state index in [0.717, 1.165) is 20.8 Å². The Labute approximate surface area is 163 Å². The highest BCUT2D eigenvalue weighted by molar-refractivity contribution is 8.00. The maximum atomic E-state index is 12.2. The number of anilines is 2. The Morgan fingerprint density at radius 2 is 1.73 bits per heavy atom. The van der Waals surface area contributed by atoms with Crippen LogP contribution in [0.3, 0.4) is 0 Å². The molecular weight excluding hydrogens is 388 g/mol. The monoisotopic (exact) mass is 404 g/mol. The van der Waals surface area contributed by atoms with Crippen molar-refractivity contribution in [1.29, 1.82) is 0 Å². The summed E-state index contributed by atoms with van der Waals surface area (Å²) in [7, 11) is 0. The predicted octanol–water partition coefficient (Wildman–Crippen LogP) is 3.72. The van der Waals surface area contributed by atoms with Crippen molar-refractivity contribution in [3.63, 3.8) is 0 Å². The molecule has 3 aromatic rings. The van der Waals surface area contributed by atoms with Crippen molar-refractivity contribution in [3.05, 3.63) is 42.5 Å². The third-order valence-electron chi connectivity index (χ3n) is 3.36. The third-order valence-corrected chi connectivity index (χ3v) is 6.10. The number of hydrogen-bond donors (Lipinski definition) is 2. The van der Waals surface area contributed by atoms with Crippen LogP contribution in [0.1, 0.15) is 0 Å². The average Bonchev–Trinajstić information content (AvgIpc) is 3.09. The van der Waals surface area contributed by atoms with Gasteiger partial charge in [0, 0.05) is 11.1 Å². The van der Waals surface area contributed by atoms with E-state index in [4.69, 9.17) is 0 Å². The highest BCUT2D eigenvalue weighted by Gasteiger charge is 2.10. The second-order valence-electron chi connectivity index (χ2n) is 5.19. The molecule has 0 aliphatic rings. The summed E-state index contributed by atoms with van der Waals surface area (Å²) >= 11 is 4.05. The zero-order chi connectivity index (χ0) is 18.4. The zero-order valence-corrected chi connectivity index (χ0v) is 16.3. The van der Waals surface area contributed by atoms with E-state index >= 15 is 0 Å². The van der Waals surface area contributed by atoms with Crippen LogP contribution in [0.5, 0.6) is 0 Å². The van der Waals surface area contributed by atoms with E-state index in [1.807, 2.05) is 48.7 Å². The summed E-state index contributed by atoms with van der Waals surface area (Å²) in [6.45, 7) is 0. The molecule has 1 heterocycles. The molecule has 0 unspecified atom stereocenters. The lowest BCUT2D eigenvalue weighted by Gasteiger charge is -2.08. The molecule has 1 aromatic heterocycles. The van der Waals surface area contributed by atoms with E-state index in [1.165, 1.54) is 34.9 Å². The second kappa shape index (κ2) is 9.02. The summed E-state index contributed by atoms with van der Waals surface area (Å²) in [5.74, 6) is 0.0384. The van der Waals surface area contributed by atoms with Crippen molar-refractivity contribution in [2.45, 2.75) is 4.34 Å². The molecule has 134 valence electrons. The quantitative estimate of drug-likeness (QED) is 0.461. The smallest absolute Gasteiger partial charge is 0.236 e. The second-order valence-corrected chi connectivity index (χ2v) is 8.21. The normalized spacial score (nSPS) is 10.7. The molecule has 0 atom stereocenters. The molecule has 0 aliphatic heterocycles. The summed E-state index contributed by atoms with van der Waals surface area (Å²) in [4.78, 5) is 24.0. The van der Waals surface area contributed by atoms with Crippen molar-refractivity contribution in [3.8, 4) is 0 Å². The molecule has 0 spiro atoms. The number of carbonyl (C=O) groups excluding carboxylic acids is 2. The number of aromatic nitrogens is 2. The highest BCUT2D eigenvalue weighted by atomic mass is 32.2. The molecule has 0 saturated carbocycles. The summed E-state index contributed by atoms with van der Waals surface area (Å²) < 4.78 is 0.794. The predicted molar refractivity (Wildman–Crippen MR) is 110 cm³/mol. The summed E-state index contributed by atoms with van der Waals surface area (Å²) in [5.41, 5.74) is 0.775. The summed E-state index contributed by atoms with van der Waals surface area (Å²) in [5, 5.41) is 15.9. The molecule has 26 heavy (non-hydrogen) atoms. The first-order chi connectivity index (χ1) is 12.7. The molecule has 2 amide bonds. The highest BCUT2D eigenvalue weighted by Crippen LogP contribution is 2.24. The van der Waals surface area contributed by atoms with Gasteiger partial charge in [-0.25, -0.2) is 0 Å². The minimum atomic E-state index is -0.197. The number of hydrogen-bond acceptors (Lipinski definition) is 7. The Morgan fingerprint density at radius 3 is 2.50 bits per heavy atom. The Bertz CT molecular complexity index is 924. The Morgan fingerprint density at radius 1 is 1.00 bits per heavy atom. The van der Waals surface area contributed by atoms with Gasteiger partial charge in [0.25, 0.3) is 0 Å². The Kier molecular flexibility index (Phi) is 6.48. The number of thioether (sulfide) groups is 2. The van der Waals surface area contributed by atoms with Gasteiger partial charge >= 0.3 is 0 Å². The van der Waals surface area contributed by atoms with Gasteiger partial charge in [0.1, 0.15) is 0 Å². The Balaban J connectivity index is 1.47. The van der Waals surface area contributed by atoms with Crippen LogP contribution in [0.15, 0.2) is 46.8 Å². The van der Waals surface area contributed by atoms with E-state index in [9.17, 15) is 9.59 Å². The number of rotatable bonds is 7. The lowest BCUT2D eigenvalue weighted by atomic mass is 10.1. The van der Waals surface area contributed by atoms with E-state index in [0.29, 0.717) is 5.13 Å². The van der Waals surface area contributed by atoms with Crippen molar-refractivity contribution in [2.24, 2.45) is 0 Å². The van der Waals surface area contributed by atoms with E-state index < -0.39 is 0 Å². The fourth-order valence-electron chi connectivity index (χ4n) is 2.26. The minimum Gasteiger partial charge on any atom is -0.325 e. The molecule has 0 radical (unpaired) electrons. The SMILES string of the molecule is CSc1nnc(NC(=O)CSCC(=O)Nc2cccc3ccccc23)s1. The van der Waals surface area contributed by atoms with Crippen LogP contribution in [0.4, 0.5) is 10.8 Å². The first-order valence-electron chi connectivity index (χ1n) is 7.68. The lowest BCUT2D eigenvalue weighted by Crippen LogP contribution is -2.18. The van der Waals surface area contributed by atoms with Gasteiger partial charge in [-0.15, -0.1) is 22.0 Å². The molecule has 2 N–H and O–H groups in total. The summed E-state index contributed by atoms with van der Waals surface area (Å²) in [6, 6.07) is 13.6. The zero-order valence-electron chi connectivity index (χ0n) is 13.9. The fraction of sp³-hybridized carbons (Fsp3) is 0.176. The van der Waals surface area contributed by atoms with Gasteiger partial charge in [0.15, 0.2) is 4.34 Å². The number of benzene rings is 2. The summed E-state index contributed by atoms with van der Waals surface area (Å²) in [6.07, 6.45) is 1.90. The van der Waals surface area contributed by atoms with Crippen LogP contribution < -0.4 is 10.6 Å². The van der Waals surface area contributed by atoms with Crippen molar-refractivity contribution in [1.82, 2.24) is 10.2 Å². The maximum absolute atomic E-state index is 12.2. The number of carbonyl (C=O) groups is 2. The molecule has 2 aromatic carbocycles. The van der Waals surface area contributed by atoms with Gasteiger partial charge in [-0.1, -0.05) is 59.5 Å². The molecule has 0 bridgehead atoms. The van der Waals surface area contributed by atoms with Crippen molar-refractivity contribution in [2.75, 3.05) is 28.4 Å². The van der Waals surface area contributed by atoms with Gasteiger partial charge in [-0.2, -0.15) is 0 Å². The van der Waals surface area contributed by atoms with Crippen LogP contribution in [0.2, 0.25) is 0 Å². The van der Waals surface area contributed by atoms with Gasteiger partial charge in [0.2, 0.25) is 16.9 Å². The fourth-order valence-corrected chi connectivity index (χ4v) is 4.06. The first-order valence-corrected chi connectivity index (χ1v) is 10.9. The van der Waals surface area contributed by atoms with Gasteiger partial charge in [-0.05, 0) is 17.7 Å². The molecule has 0 fully saturated rings. The molecular formula is C17H16N4O2S3. The largest absolute Gasteiger partial charge is 0.325 e. The molecule has 0 saturated heterocycles. The third kappa shape index (κ3) is 4.96. The molecule has 9 heteroatoms. The molecule has 0 aliphatic carbocycles. The lowest BCUT2D eigenvalue weighted by molar-refractivity contribution is -0.114. The van der Waals surface area contributed by atoms with E-state index in [-0.39, 0.29) is 23.3 Å². The van der Waals surface area contributed by atoms with Crippen molar-refractivity contribution >= 4 is 68.3 Å². The number of fused-ring (bicyclic) bond motifs is 1. The van der Waals surface area contributed by atoms with Crippen LogP contribution in [0, 0.1) is 0 Å². The topological polar surface area (TPSA) is 84.0 Å². The molecule has 6 nitrogen and oxygen atoms in total. The Hall–Kier alpha value is -2.10. The van der Waals surface area contributed by atoms with E-state index in [2.05, 4.69) is 20.8 Å². The number of nitrogens with one attached hydrogen (secondary N) is 2. The van der Waals surface area contributed by atoms with Gasteiger partial charge < -0.3 is 5.32 Å². The standard InChI is InChI=1S/C17H16N4O2S3/c1-24-17-21-20-16(26-17)19-15(23)10-25-9-14(22)18-13-8-4-6-11-5-2-3-7-12(11)13/h2-8H,9-10H2,1H3,(H,18,22)(H,19,20,23). The molecule has 3 rings (SSSR count). The van der Waals surface area contributed by atoms with Crippen LogP contribution >= 0.6 is 34.9 Å². The van der Waals surface area contributed by atoms with E-state index in [1.54, 1.807) is 0 Å². The first kappa shape index (κ1) is 18.7. The van der Waals surface area contributed by atoms with Gasteiger partial charge in [0.05, 0.1) is 11.5 Å².